The number of ether oxygens (including phenoxy) is 3. The van der Waals surface area contributed by atoms with Crippen LogP contribution in [-0.4, -0.2) is 29.7 Å². The molecule has 0 saturated heterocycles. The summed E-state index contributed by atoms with van der Waals surface area (Å²) in [6, 6.07) is 8.26. The highest BCUT2D eigenvalue weighted by atomic mass is 16.7. The van der Waals surface area contributed by atoms with Gasteiger partial charge in [-0.3, -0.25) is 14.9 Å². The summed E-state index contributed by atoms with van der Waals surface area (Å²) in [5.74, 6) is -0.696. The van der Waals surface area contributed by atoms with E-state index in [-0.39, 0.29) is 23.8 Å². The Morgan fingerprint density at radius 3 is 2.60 bits per heavy atom. The molecule has 0 saturated carbocycles. The number of nitro groups is 1. The van der Waals surface area contributed by atoms with Gasteiger partial charge >= 0.3 is 5.97 Å². The van der Waals surface area contributed by atoms with Crippen molar-refractivity contribution in [3.63, 3.8) is 0 Å². The van der Waals surface area contributed by atoms with Crippen molar-refractivity contribution in [3.8, 4) is 11.5 Å². The predicted octanol–water partition coefficient (Wildman–Crippen LogP) is 3.52. The van der Waals surface area contributed by atoms with Gasteiger partial charge in [-0.25, -0.2) is 4.79 Å². The Morgan fingerprint density at radius 1 is 1.20 bits per heavy atom. The molecule has 0 fully saturated rings. The molecule has 1 amide bonds. The molecule has 1 atom stereocenters. The third kappa shape index (κ3) is 4.75. The van der Waals surface area contributed by atoms with Crippen LogP contribution < -0.4 is 14.8 Å². The Hall–Kier alpha value is -3.88. The lowest BCUT2D eigenvalue weighted by atomic mass is 10.1. The van der Waals surface area contributed by atoms with Gasteiger partial charge in [-0.2, -0.15) is 0 Å². The maximum atomic E-state index is 12.3. The summed E-state index contributed by atoms with van der Waals surface area (Å²) in [7, 11) is 0. The quantitative estimate of drug-likeness (QED) is 0.334. The van der Waals surface area contributed by atoms with Gasteiger partial charge in [-0.05, 0) is 50.1 Å². The summed E-state index contributed by atoms with van der Waals surface area (Å²) in [6.07, 6.45) is 1.19. The number of esters is 1. The molecule has 156 valence electrons. The van der Waals surface area contributed by atoms with Crippen LogP contribution in [0.3, 0.4) is 0 Å². The molecule has 1 aliphatic heterocycles. The van der Waals surface area contributed by atoms with Crippen LogP contribution in [0.2, 0.25) is 0 Å². The number of carbonyl (C=O) groups excluding carboxylic acids is 2. The van der Waals surface area contributed by atoms with Crippen LogP contribution in [0, 0.1) is 24.0 Å². The minimum atomic E-state index is -1.06. The van der Waals surface area contributed by atoms with Crippen molar-refractivity contribution in [2.24, 2.45) is 0 Å². The maximum absolute atomic E-state index is 12.3. The molecule has 0 spiro atoms. The normalized spacial score (nSPS) is 13.2. The molecule has 0 unspecified atom stereocenters. The summed E-state index contributed by atoms with van der Waals surface area (Å²) < 4.78 is 15.4. The van der Waals surface area contributed by atoms with Crippen molar-refractivity contribution < 1.29 is 28.7 Å². The molecule has 9 heteroatoms. The molecule has 0 aliphatic carbocycles. The molecular weight excluding hydrogens is 392 g/mol. The fourth-order valence-corrected chi connectivity index (χ4v) is 2.77. The zero-order valence-electron chi connectivity index (χ0n) is 16.6. The molecule has 9 nitrogen and oxygen atoms in total. The number of benzene rings is 2. The first-order chi connectivity index (χ1) is 14.2. The van der Waals surface area contributed by atoms with E-state index in [9.17, 15) is 19.7 Å². The second-order valence-corrected chi connectivity index (χ2v) is 6.74. The van der Waals surface area contributed by atoms with Crippen LogP contribution >= 0.6 is 0 Å². The Labute approximate surface area is 172 Å². The summed E-state index contributed by atoms with van der Waals surface area (Å²) >= 11 is 0. The van der Waals surface area contributed by atoms with E-state index in [2.05, 4.69) is 5.32 Å². The van der Waals surface area contributed by atoms with E-state index in [0.29, 0.717) is 11.4 Å². The molecule has 1 N–H and O–H groups in total. The van der Waals surface area contributed by atoms with Gasteiger partial charge in [0.15, 0.2) is 17.6 Å². The number of rotatable bonds is 6. The van der Waals surface area contributed by atoms with Crippen LogP contribution in [0.15, 0.2) is 36.4 Å². The van der Waals surface area contributed by atoms with E-state index in [1.807, 2.05) is 32.0 Å². The van der Waals surface area contributed by atoms with Crippen molar-refractivity contribution >= 4 is 29.3 Å². The number of anilines is 1. The molecule has 3 rings (SSSR count). The van der Waals surface area contributed by atoms with Crippen LogP contribution in [0.25, 0.3) is 6.08 Å². The Kier molecular flexibility index (Phi) is 6.01. The van der Waals surface area contributed by atoms with Crippen molar-refractivity contribution in [1.29, 1.82) is 0 Å². The zero-order valence-corrected chi connectivity index (χ0v) is 16.6. The number of hydrogen-bond acceptors (Lipinski definition) is 7. The van der Waals surface area contributed by atoms with Gasteiger partial charge in [0.05, 0.1) is 16.6 Å². The topological polar surface area (TPSA) is 117 Å². The second-order valence-electron chi connectivity index (χ2n) is 6.74. The Morgan fingerprint density at radius 2 is 1.90 bits per heavy atom. The van der Waals surface area contributed by atoms with Crippen molar-refractivity contribution in [1.82, 2.24) is 0 Å². The summed E-state index contributed by atoms with van der Waals surface area (Å²) in [6.45, 7) is 5.16. The molecular formula is C21H20N2O7. The molecule has 1 heterocycles. The number of hydrogen-bond donors (Lipinski definition) is 1. The van der Waals surface area contributed by atoms with Gasteiger partial charge in [0.25, 0.3) is 11.6 Å². The Balaban J connectivity index is 1.66. The summed E-state index contributed by atoms with van der Waals surface area (Å²) in [5, 5.41) is 14.0. The van der Waals surface area contributed by atoms with E-state index < -0.39 is 22.9 Å². The van der Waals surface area contributed by atoms with Gasteiger partial charge in [-0.1, -0.05) is 12.1 Å². The highest BCUT2D eigenvalue weighted by Crippen LogP contribution is 2.38. The first-order valence-corrected chi connectivity index (χ1v) is 9.09. The molecule has 30 heavy (non-hydrogen) atoms. The number of carbonyl (C=O) groups is 2. The maximum Gasteiger partial charge on any atom is 0.331 e. The lowest BCUT2D eigenvalue weighted by Gasteiger charge is -2.14. The van der Waals surface area contributed by atoms with Crippen LogP contribution in [-0.2, 0) is 14.3 Å². The molecule has 0 aromatic heterocycles. The minimum Gasteiger partial charge on any atom is -0.454 e. The van der Waals surface area contributed by atoms with Crippen LogP contribution in [0.4, 0.5) is 11.4 Å². The van der Waals surface area contributed by atoms with Crippen molar-refractivity contribution in [2.75, 3.05) is 12.1 Å². The van der Waals surface area contributed by atoms with E-state index >= 15 is 0 Å². The van der Waals surface area contributed by atoms with Crippen LogP contribution in [0.5, 0.6) is 11.5 Å². The number of nitrogens with one attached hydrogen (secondary N) is 1. The molecule has 0 bridgehead atoms. The number of amides is 1. The zero-order chi connectivity index (χ0) is 21.8. The smallest absolute Gasteiger partial charge is 0.331 e. The number of aryl methyl sites for hydroxylation is 2. The van der Waals surface area contributed by atoms with Gasteiger partial charge in [0.2, 0.25) is 6.79 Å². The first kappa shape index (κ1) is 20.8. The van der Waals surface area contributed by atoms with Crippen molar-refractivity contribution in [2.45, 2.75) is 26.9 Å². The average Bonchev–Trinajstić information content (AvgIpc) is 3.15. The average molecular weight is 412 g/mol. The molecule has 0 radical (unpaired) electrons. The third-order valence-electron chi connectivity index (χ3n) is 4.43. The lowest BCUT2D eigenvalue weighted by Crippen LogP contribution is -2.29. The van der Waals surface area contributed by atoms with E-state index in [1.54, 1.807) is 0 Å². The van der Waals surface area contributed by atoms with E-state index in [4.69, 9.17) is 14.2 Å². The SMILES string of the molecule is Cc1ccc(C)c(NC(=O)[C@@H](C)OC(=O)/C=C/c2cc3c(cc2[N+](=O)[O-])OCO3)c1. The van der Waals surface area contributed by atoms with Gasteiger partial charge in [-0.15, -0.1) is 0 Å². The predicted molar refractivity (Wildman–Crippen MR) is 108 cm³/mol. The van der Waals surface area contributed by atoms with Crippen molar-refractivity contribution in [3.05, 3.63) is 63.2 Å². The molecule has 1 aliphatic rings. The second kappa shape index (κ2) is 8.64. The fraction of sp³-hybridized carbons (Fsp3) is 0.238. The van der Waals surface area contributed by atoms with Gasteiger partial charge < -0.3 is 19.5 Å². The highest BCUT2D eigenvalue weighted by Gasteiger charge is 2.23. The van der Waals surface area contributed by atoms with E-state index in [1.165, 1.54) is 25.1 Å². The summed E-state index contributed by atoms with van der Waals surface area (Å²) in [5.41, 5.74) is 2.39. The monoisotopic (exact) mass is 412 g/mol. The number of nitro benzene ring substituents is 1. The number of fused-ring (bicyclic) bond motifs is 1. The van der Waals surface area contributed by atoms with E-state index in [0.717, 1.165) is 17.2 Å². The summed E-state index contributed by atoms with van der Waals surface area (Å²) in [4.78, 5) is 35.1. The Bertz CT molecular complexity index is 1050. The fourth-order valence-electron chi connectivity index (χ4n) is 2.77. The lowest BCUT2D eigenvalue weighted by molar-refractivity contribution is -0.385. The highest BCUT2D eigenvalue weighted by molar-refractivity contribution is 5.97. The molecule has 2 aromatic carbocycles. The minimum absolute atomic E-state index is 0.0330. The van der Waals surface area contributed by atoms with Gasteiger partial charge in [0, 0.05) is 11.8 Å². The third-order valence-corrected chi connectivity index (χ3v) is 4.43. The van der Waals surface area contributed by atoms with Gasteiger partial charge in [0.1, 0.15) is 0 Å². The van der Waals surface area contributed by atoms with Crippen LogP contribution in [0.1, 0.15) is 23.6 Å². The largest absolute Gasteiger partial charge is 0.454 e. The first-order valence-electron chi connectivity index (χ1n) is 9.09. The number of nitrogens with zero attached hydrogens (tertiary/aromatic N) is 1. The molecule has 2 aromatic rings. The standard InChI is InChI=1S/C21H20N2O7/c1-12-4-5-13(2)16(8-12)22-21(25)14(3)30-20(24)7-6-15-9-18-19(29-11-28-18)10-17(15)23(26)27/h4-10,14H,11H2,1-3H3,(H,22,25)/b7-6+/t14-/m1/s1.